The van der Waals surface area contributed by atoms with Crippen molar-refractivity contribution in [2.45, 2.75) is 44.6 Å². The van der Waals surface area contributed by atoms with Gasteiger partial charge in [0.1, 0.15) is 0 Å². The molecular formula is C15H28N2O4. The summed E-state index contributed by atoms with van der Waals surface area (Å²) in [6, 6.07) is 0. The normalized spacial score (nSPS) is 25.4. The van der Waals surface area contributed by atoms with Crippen LogP contribution in [0.4, 0.5) is 0 Å². The largest absolute Gasteiger partial charge is 0.466 e. The Kier molecular flexibility index (Phi) is 7.11. The number of amides is 1. The molecule has 6 heteroatoms. The summed E-state index contributed by atoms with van der Waals surface area (Å²) < 4.78 is 5.02. The molecule has 1 fully saturated rings. The number of rotatable bonds is 7. The second kappa shape index (κ2) is 8.34. The molecule has 0 aromatic heterocycles. The van der Waals surface area contributed by atoms with Crippen molar-refractivity contribution in [1.82, 2.24) is 10.2 Å². The molecule has 6 nitrogen and oxygen atoms in total. The second-order valence-corrected chi connectivity index (χ2v) is 5.97. The quantitative estimate of drug-likeness (QED) is 0.530. The van der Waals surface area contributed by atoms with Gasteiger partial charge in [-0.1, -0.05) is 0 Å². The predicted molar refractivity (Wildman–Crippen MR) is 79.7 cm³/mol. The van der Waals surface area contributed by atoms with Crippen molar-refractivity contribution in [2.24, 2.45) is 5.92 Å². The third-order valence-corrected chi connectivity index (χ3v) is 4.00. The van der Waals surface area contributed by atoms with Gasteiger partial charge in [0, 0.05) is 33.6 Å². The van der Waals surface area contributed by atoms with Crippen LogP contribution in [-0.4, -0.2) is 61.3 Å². The third-order valence-electron chi connectivity index (χ3n) is 4.00. The van der Waals surface area contributed by atoms with Crippen LogP contribution in [0.25, 0.3) is 0 Å². The topological polar surface area (TPSA) is 78.9 Å². The first-order chi connectivity index (χ1) is 9.88. The first-order valence-electron chi connectivity index (χ1n) is 7.68. The standard InChI is InChI=1S/C15H28N2O4/c1-4-21-14(19)12-5-8-15(20,9-6-12)11-16-10-7-13(18)17(2)3/h12,16,20H,4-11H2,1-3H3. The van der Waals surface area contributed by atoms with Crippen LogP contribution in [0.3, 0.4) is 0 Å². The zero-order chi connectivity index (χ0) is 15.9. The highest BCUT2D eigenvalue weighted by molar-refractivity contribution is 5.75. The van der Waals surface area contributed by atoms with Crippen molar-refractivity contribution in [2.75, 3.05) is 33.8 Å². The number of carbonyl (C=O) groups excluding carboxylic acids is 2. The molecule has 1 aliphatic carbocycles. The zero-order valence-corrected chi connectivity index (χ0v) is 13.4. The number of hydrogen-bond acceptors (Lipinski definition) is 5. The molecule has 0 heterocycles. The molecule has 122 valence electrons. The number of carbonyl (C=O) groups is 2. The molecule has 0 spiro atoms. The summed E-state index contributed by atoms with van der Waals surface area (Å²) in [6.07, 6.45) is 2.92. The number of esters is 1. The maximum atomic E-state index is 11.6. The summed E-state index contributed by atoms with van der Waals surface area (Å²) in [5.74, 6) is -0.162. The lowest BCUT2D eigenvalue weighted by Gasteiger charge is -2.35. The van der Waals surface area contributed by atoms with E-state index in [9.17, 15) is 14.7 Å². The van der Waals surface area contributed by atoms with Crippen LogP contribution in [0.1, 0.15) is 39.0 Å². The number of nitrogens with one attached hydrogen (secondary N) is 1. The first-order valence-corrected chi connectivity index (χ1v) is 7.68. The average molecular weight is 300 g/mol. The SMILES string of the molecule is CCOC(=O)C1CCC(O)(CNCCC(=O)N(C)C)CC1. The fourth-order valence-corrected chi connectivity index (χ4v) is 2.57. The van der Waals surface area contributed by atoms with Crippen LogP contribution in [-0.2, 0) is 14.3 Å². The Labute approximate surface area is 126 Å². The van der Waals surface area contributed by atoms with Gasteiger partial charge in [-0.15, -0.1) is 0 Å². The van der Waals surface area contributed by atoms with Gasteiger partial charge >= 0.3 is 5.97 Å². The van der Waals surface area contributed by atoms with E-state index >= 15 is 0 Å². The number of hydrogen-bond donors (Lipinski definition) is 2. The van der Waals surface area contributed by atoms with Crippen LogP contribution >= 0.6 is 0 Å². The summed E-state index contributed by atoms with van der Waals surface area (Å²) in [4.78, 5) is 24.6. The van der Waals surface area contributed by atoms with Crippen molar-refractivity contribution >= 4 is 11.9 Å². The maximum absolute atomic E-state index is 11.6. The molecule has 1 saturated carbocycles. The van der Waals surface area contributed by atoms with Crippen molar-refractivity contribution in [3.63, 3.8) is 0 Å². The van der Waals surface area contributed by atoms with Crippen molar-refractivity contribution in [1.29, 1.82) is 0 Å². The minimum atomic E-state index is -0.774. The Balaban J connectivity index is 2.25. The molecule has 0 aliphatic heterocycles. The summed E-state index contributed by atoms with van der Waals surface area (Å²) in [5.41, 5.74) is -0.774. The van der Waals surface area contributed by atoms with E-state index in [1.165, 1.54) is 0 Å². The first kappa shape index (κ1) is 17.9. The Bertz CT molecular complexity index is 350. The zero-order valence-electron chi connectivity index (χ0n) is 13.4. The highest BCUT2D eigenvalue weighted by Crippen LogP contribution is 2.32. The van der Waals surface area contributed by atoms with Crippen LogP contribution in [0, 0.1) is 5.92 Å². The molecular weight excluding hydrogens is 272 g/mol. The predicted octanol–water partition coefficient (Wildman–Crippen LogP) is 0.539. The molecule has 0 unspecified atom stereocenters. The molecule has 1 aliphatic rings. The molecule has 0 atom stereocenters. The number of ether oxygens (including phenoxy) is 1. The lowest BCUT2D eigenvalue weighted by atomic mass is 9.79. The van der Waals surface area contributed by atoms with E-state index < -0.39 is 5.60 Å². The van der Waals surface area contributed by atoms with E-state index in [0.717, 1.165) is 0 Å². The molecule has 0 aromatic carbocycles. The third kappa shape index (κ3) is 6.01. The van der Waals surface area contributed by atoms with Gasteiger partial charge in [0.2, 0.25) is 5.91 Å². The van der Waals surface area contributed by atoms with E-state index in [2.05, 4.69) is 5.32 Å². The van der Waals surface area contributed by atoms with Crippen LogP contribution in [0.2, 0.25) is 0 Å². The van der Waals surface area contributed by atoms with Gasteiger partial charge < -0.3 is 20.1 Å². The van der Waals surface area contributed by atoms with Crippen LogP contribution < -0.4 is 5.32 Å². The van der Waals surface area contributed by atoms with E-state index in [0.29, 0.717) is 51.8 Å². The van der Waals surface area contributed by atoms with Crippen molar-refractivity contribution in [3.8, 4) is 0 Å². The van der Waals surface area contributed by atoms with E-state index in [1.54, 1.807) is 25.9 Å². The van der Waals surface area contributed by atoms with Gasteiger partial charge in [-0.2, -0.15) is 0 Å². The minimum Gasteiger partial charge on any atom is -0.466 e. The monoisotopic (exact) mass is 300 g/mol. The Morgan fingerprint density at radius 2 is 1.95 bits per heavy atom. The molecule has 2 N–H and O–H groups in total. The fourth-order valence-electron chi connectivity index (χ4n) is 2.57. The van der Waals surface area contributed by atoms with Gasteiger partial charge in [0.15, 0.2) is 0 Å². The fraction of sp³-hybridized carbons (Fsp3) is 0.867. The van der Waals surface area contributed by atoms with Crippen LogP contribution in [0.15, 0.2) is 0 Å². The van der Waals surface area contributed by atoms with Crippen molar-refractivity contribution in [3.05, 3.63) is 0 Å². The second-order valence-electron chi connectivity index (χ2n) is 5.97. The van der Waals surface area contributed by atoms with Gasteiger partial charge in [0.05, 0.1) is 18.1 Å². The Morgan fingerprint density at radius 3 is 2.48 bits per heavy atom. The van der Waals surface area contributed by atoms with Gasteiger partial charge in [-0.25, -0.2) is 0 Å². The molecule has 0 aromatic rings. The minimum absolute atomic E-state index is 0.0699. The van der Waals surface area contributed by atoms with Crippen molar-refractivity contribution < 1.29 is 19.4 Å². The van der Waals surface area contributed by atoms with E-state index in [1.807, 2.05) is 0 Å². The Morgan fingerprint density at radius 1 is 1.33 bits per heavy atom. The maximum Gasteiger partial charge on any atom is 0.308 e. The molecule has 0 saturated heterocycles. The summed E-state index contributed by atoms with van der Waals surface area (Å²) >= 11 is 0. The van der Waals surface area contributed by atoms with E-state index in [4.69, 9.17) is 4.74 Å². The smallest absolute Gasteiger partial charge is 0.308 e. The molecule has 0 radical (unpaired) electrons. The molecule has 21 heavy (non-hydrogen) atoms. The highest BCUT2D eigenvalue weighted by atomic mass is 16.5. The number of aliphatic hydroxyl groups is 1. The highest BCUT2D eigenvalue weighted by Gasteiger charge is 2.35. The summed E-state index contributed by atoms with van der Waals surface area (Å²) in [7, 11) is 3.46. The van der Waals surface area contributed by atoms with Crippen LogP contribution in [0.5, 0.6) is 0 Å². The number of nitrogens with zero attached hydrogens (tertiary/aromatic N) is 1. The Hall–Kier alpha value is -1.14. The summed E-state index contributed by atoms with van der Waals surface area (Å²) in [5, 5.41) is 13.6. The molecule has 1 rings (SSSR count). The van der Waals surface area contributed by atoms with Gasteiger partial charge in [-0.3, -0.25) is 9.59 Å². The van der Waals surface area contributed by atoms with Gasteiger partial charge in [0.25, 0.3) is 0 Å². The molecule has 0 bridgehead atoms. The summed E-state index contributed by atoms with van der Waals surface area (Å²) in [6.45, 7) is 3.22. The lowest BCUT2D eigenvalue weighted by Crippen LogP contribution is -2.45. The van der Waals surface area contributed by atoms with Gasteiger partial charge in [-0.05, 0) is 32.6 Å². The average Bonchev–Trinajstić information content (AvgIpc) is 2.44. The lowest BCUT2D eigenvalue weighted by molar-refractivity contribution is -0.151. The van der Waals surface area contributed by atoms with E-state index in [-0.39, 0.29) is 17.8 Å². The molecule has 1 amide bonds.